The third kappa shape index (κ3) is 12.6. The maximum absolute atomic E-state index is 6.09. The number of hydrogen-bond acceptors (Lipinski definition) is 4. The van der Waals surface area contributed by atoms with E-state index in [1.165, 1.54) is 33.4 Å². The van der Waals surface area contributed by atoms with Crippen molar-refractivity contribution in [1.82, 2.24) is 39.9 Å². The molecule has 0 aliphatic carbocycles. The molecular weight excluding hydrogens is 1480 g/mol. The quantitative estimate of drug-likeness (QED) is 0.0812. The third-order valence-corrected chi connectivity index (χ3v) is 25.6. The summed E-state index contributed by atoms with van der Waals surface area (Å²) in [5, 5.41) is 4.43. The van der Waals surface area contributed by atoms with Crippen LogP contribution in [-0.4, -0.2) is 39.9 Å². The second-order valence-corrected chi connectivity index (χ2v) is 32.5. The first kappa shape index (κ1) is 74.7. The number of fused-ring (bicyclic) bond motifs is 18. The van der Waals surface area contributed by atoms with Crippen LogP contribution in [0.1, 0.15) is 144 Å². The van der Waals surface area contributed by atoms with Crippen molar-refractivity contribution < 1.29 is 0 Å². The number of aromatic nitrogens is 8. The topological polar surface area (TPSA) is 115 Å². The fraction of sp³-hybridized carbons (Fsp3) is 0.105. The Morgan fingerprint density at radius 2 is 0.500 bits per heavy atom. The zero-order chi connectivity index (χ0) is 82.4. The number of benzene rings is 11. The molecule has 0 unspecified atom stereocenters. The standard InChI is InChI=1S/C114H90N8/c1-9-81-67(5)111-109(112-68(6)82(10-2)90(120-112)62-94-102(72-41-23-14-24-42-72)106(76-49-31-18-32-50-76)98(116-94)65-97-105(75-47-29-17-30-48-75)101(71-39-21-13-22-40-71)93(115-97)61-89(81)119-111)85-57-37-55-79-59-80-56-38-58-86(88(80)60-87(79)85)110-113-69(7)83(11-3)91(121-113)63-95-103(73-43-25-15-26-44-73)107(77-51-33-19-34-52-77)99(117-95)66-100-108(78-53-35-20-36-54-78)104(74-45-27-16-28-46-74)96(118-100)64-92-84(12-4)70(8)114(110)122-92/h13-66,115,117,120,122H,9-12H2,1-8H3. The predicted octanol–water partition coefficient (Wildman–Crippen LogP) is 29.7. The lowest BCUT2D eigenvalue weighted by molar-refractivity contribution is 1.14. The van der Waals surface area contributed by atoms with Gasteiger partial charge in [0.15, 0.2) is 0 Å². The Hall–Kier alpha value is -14.9. The largest absolute Gasteiger partial charge is 0.354 e. The van der Waals surface area contributed by atoms with E-state index < -0.39 is 0 Å². The van der Waals surface area contributed by atoms with Crippen molar-refractivity contribution in [2.45, 2.75) is 81.1 Å². The molecule has 0 amide bonds. The van der Waals surface area contributed by atoms with Gasteiger partial charge in [-0.2, -0.15) is 0 Å². The Labute approximate surface area is 710 Å². The molecule has 17 aromatic rings. The van der Waals surface area contributed by atoms with Gasteiger partial charge in [-0.1, -0.05) is 307 Å². The van der Waals surface area contributed by atoms with Gasteiger partial charge in [0.2, 0.25) is 0 Å². The molecule has 4 aliphatic rings. The molecule has 21 rings (SSSR count). The fourth-order valence-corrected chi connectivity index (χ4v) is 20.0. The molecule has 6 aromatic heterocycles. The molecule has 11 aromatic carbocycles. The lowest BCUT2D eigenvalue weighted by atomic mass is 9.88. The van der Waals surface area contributed by atoms with Crippen LogP contribution in [0.3, 0.4) is 0 Å². The highest BCUT2D eigenvalue weighted by Crippen LogP contribution is 2.52. The zero-order valence-corrected chi connectivity index (χ0v) is 69.8. The van der Waals surface area contributed by atoms with Crippen LogP contribution in [0.2, 0.25) is 0 Å². The molecule has 0 fully saturated rings. The minimum atomic E-state index is 0.754. The maximum Gasteiger partial charge on any atom is 0.0769 e. The van der Waals surface area contributed by atoms with Crippen LogP contribution in [0.4, 0.5) is 0 Å². The van der Waals surface area contributed by atoms with Crippen LogP contribution in [-0.2, 0) is 12.8 Å². The van der Waals surface area contributed by atoms with E-state index in [9.17, 15) is 0 Å². The molecule has 0 spiro atoms. The van der Waals surface area contributed by atoms with E-state index in [1.54, 1.807) is 0 Å². The molecule has 586 valence electrons. The van der Waals surface area contributed by atoms with Crippen molar-refractivity contribution in [2.24, 2.45) is 0 Å². The van der Waals surface area contributed by atoms with Crippen molar-refractivity contribution in [2.75, 3.05) is 0 Å². The molecule has 0 saturated carbocycles. The van der Waals surface area contributed by atoms with Gasteiger partial charge in [0.05, 0.1) is 56.6 Å². The average molecular weight is 1570 g/mol. The van der Waals surface area contributed by atoms with Gasteiger partial charge < -0.3 is 19.9 Å². The van der Waals surface area contributed by atoms with Crippen molar-refractivity contribution in [1.29, 1.82) is 0 Å². The molecule has 0 atom stereocenters. The first-order chi connectivity index (χ1) is 60.0. The first-order valence-corrected chi connectivity index (χ1v) is 42.9. The van der Waals surface area contributed by atoms with Gasteiger partial charge in [-0.05, 0) is 224 Å². The maximum atomic E-state index is 6.09. The zero-order valence-electron chi connectivity index (χ0n) is 69.8. The minimum Gasteiger partial charge on any atom is -0.354 e. The summed E-state index contributed by atoms with van der Waals surface area (Å²) >= 11 is 0. The Balaban J connectivity index is 0.894. The molecule has 10 heterocycles. The Morgan fingerprint density at radius 3 is 0.779 bits per heavy atom. The first-order valence-electron chi connectivity index (χ1n) is 42.9. The highest BCUT2D eigenvalue weighted by molar-refractivity contribution is 6.17. The monoisotopic (exact) mass is 1570 g/mol. The summed E-state index contributed by atoms with van der Waals surface area (Å²) in [4.78, 5) is 40.8. The second kappa shape index (κ2) is 30.8. The van der Waals surface area contributed by atoms with Gasteiger partial charge in [-0.3, -0.25) is 0 Å². The normalized spacial score (nSPS) is 12.9. The molecule has 4 aliphatic heterocycles. The number of nitrogens with one attached hydrogen (secondary N) is 4. The van der Waals surface area contributed by atoms with Crippen LogP contribution in [0.25, 0.3) is 177 Å². The molecule has 8 nitrogen and oxygen atoms in total. The summed E-state index contributed by atoms with van der Waals surface area (Å²) in [6.07, 6.45) is 3.04. The van der Waals surface area contributed by atoms with Crippen LogP contribution in [0, 0.1) is 13.8 Å². The van der Waals surface area contributed by atoms with Crippen molar-refractivity contribution in [3.8, 4) is 66.8 Å². The Morgan fingerprint density at radius 1 is 0.230 bits per heavy atom. The highest BCUT2D eigenvalue weighted by Gasteiger charge is 2.32. The van der Waals surface area contributed by atoms with Gasteiger partial charge in [-0.15, -0.1) is 0 Å². The summed E-state index contributed by atoms with van der Waals surface area (Å²) in [6.45, 7) is 18.4. The number of allylic oxidation sites excluding steroid dienone is 4. The third-order valence-electron chi connectivity index (χ3n) is 25.6. The minimum absolute atomic E-state index is 0.754. The molecule has 0 saturated heterocycles. The van der Waals surface area contributed by atoms with Crippen LogP contribution >= 0.6 is 0 Å². The van der Waals surface area contributed by atoms with Gasteiger partial charge in [0.1, 0.15) is 0 Å². The number of rotatable bonds is 14. The summed E-state index contributed by atoms with van der Waals surface area (Å²) in [5.41, 5.74) is 46.1. The van der Waals surface area contributed by atoms with Crippen molar-refractivity contribution >= 4 is 110 Å². The SMILES string of the molecule is CCC1=C(C)c2nc1cc1[nH]c(cc3nc(cc4[nH]c(c(C)c4CC)c2-c2cccc4cc5cccc(-c6c7nc(cc8[nH]c(cc9nc(cc%10[nH]c6c(C)c%10CC)C(c6ccccc6)=C9c6ccccc6)c(-c6ccccc6)c8-c6ccccc6)C(CC)=C7C)c5cc24)C(c2ccccc2)=C3c2ccccc2)c(-c2ccccc2)c1-c1ccccc1. The van der Waals surface area contributed by atoms with Gasteiger partial charge >= 0.3 is 0 Å². The molecule has 122 heavy (non-hydrogen) atoms. The van der Waals surface area contributed by atoms with Crippen LogP contribution in [0.15, 0.2) is 328 Å². The van der Waals surface area contributed by atoms with Crippen LogP contribution < -0.4 is 0 Å². The van der Waals surface area contributed by atoms with Crippen LogP contribution in [0.5, 0.6) is 0 Å². The van der Waals surface area contributed by atoms with E-state index in [-0.39, 0.29) is 0 Å². The average Bonchev–Trinajstić information content (AvgIpc) is 1.55. The number of nitrogens with zero attached hydrogens (tertiary/aromatic N) is 4. The lowest BCUT2D eigenvalue weighted by Gasteiger charge is -2.15. The summed E-state index contributed by atoms with van der Waals surface area (Å²) in [5.74, 6) is 0. The summed E-state index contributed by atoms with van der Waals surface area (Å²) < 4.78 is 0. The van der Waals surface area contributed by atoms with E-state index in [1.807, 2.05) is 0 Å². The number of hydrogen-bond donors (Lipinski definition) is 4. The van der Waals surface area contributed by atoms with E-state index in [2.05, 4.69) is 403 Å². The van der Waals surface area contributed by atoms with E-state index in [0.29, 0.717) is 0 Å². The predicted molar refractivity (Wildman–Crippen MR) is 513 cm³/mol. The smallest absolute Gasteiger partial charge is 0.0769 e. The van der Waals surface area contributed by atoms with E-state index in [4.69, 9.17) is 19.9 Å². The van der Waals surface area contributed by atoms with Gasteiger partial charge in [-0.25, -0.2) is 19.9 Å². The molecular formula is C114H90N8. The van der Waals surface area contributed by atoms with Crippen molar-refractivity contribution in [3.63, 3.8) is 0 Å². The fourth-order valence-electron chi connectivity index (χ4n) is 20.0. The lowest BCUT2D eigenvalue weighted by Crippen LogP contribution is -1.93. The van der Waals surface area contributed by atoms with E-state index in [0.717, 1.165) is 259 Å². The highest BCUT2D eigenvalue weighted by atomic mass is 14.8. The number of aromatic amines is 4. The Bertz CT molecular complexity index is 7180. The van der Waals surface area contributed by atoms with Gasteiger partial charge in [0.25, 0.3) is 0 Å². The summed E-state index contributed by atoms with van der Waals surface area (Å²) in [7, 11) is 0. The van der Waals surface area contributed by atoms with Gasteiger partial charge in [0, 0.05) is 88.8 Å². The number of aryl methyl sites for hydroxylation is 4. The Kier molecular flexibility index (Phi) is 18.9. The molecule has 0 radical (unpaired) electrons. The van der Waals surface area contributed by atoms with E-state index >= 15 is 0 Å². The molecule has 16 bridgehead atoms. The molecule has 4 N–H and O–H groups in total. The summed E-state index contributed by atoms with van der Waals surface area (Å²) in [6, 6.07) is 119. The number of H-pyrrole nitrogens is 4. The molecule has 8 heteroatoms. The second-order valence-electron chi connectivity index (χ2n) is 32.5. The van der Waals surface area contributed by atoms with Crippen molar-refractivity contribution in [3.05, 3.63) is 418 Å².